The van der Waals surface area contributed by atoms with E-state index in [4.69, 9.17) is 5.11 Å². The smallest absolute Gasteiger partial charge is 0.155 e. The molecule has 2 aromatic heterocycles. The predicted octanol–water partition coefficient (Wildman–Crippen LogP) is 0.222. The van der Waals surface area contributed by atoms with E-state index in [1.807, 2.05) is 0 Å². The summed E-state index contributed by atoms with van der Waals surface area (Å²) in [4.78, 5) is 4.10. The molecule has 56 valence electrons. The summed E-state index contributed by atoms with van der Waals surface area (Å²) < 4.78 is 1.65. The van der Waals surface area contributed by atoms with Crippen LogP contribution in [0.1, 0.15) is 5.69 Å². The van der Waals surface area contributed by atoms with Crippen molar-refractivity contribution >= 4 is 5.65 Å². The third-order valence-electron chi connectivity index (χ3n) is 1.48. The maximum absolute atomic E-state index is 8.74. The molecule has 0 saturated heterocycles. The van der Waals surface area contributed by atoms with Crippen LogP contribution in [0, 0.1) is 0 Å². The number of rotatable bonds is 1. The van der Waals surface area contributed by atoms with Gasteiger partial charge in [-0.2, -0.15) is 5.10 Å². The van der Waals surface area contributed by atoms with E-state index in [2.05, 4.69) is 10.1 Å². The van der Waals surface area contributed by atoms with E-state index in [1.54, 1.807) is 29.0 Å². The van der Waals surface area contributed by atoms with Crippen molar-refractivity contribution in [3.63, 3.8) is 0 Å². The van der Waals surface area contributed by atoms with Gasteiger partial charge in [0, 0.05) is 12.3 Å². The van der Waals surface area contributed by atoms with Crippen LogP contribution >= 0.6 is 0 Å². The first kappa shape index (κ1) is 6.30. The number of hydrogen-bond acceptors (Lipinski definition) is 3. The summed E-state index contributed by atoms with van der Waals surface area (Å²) >= 11 is 0. The van der Waals surface area contributed by atoms with E-state index in [0.717, 1.165) is 5.65 Å². The van der Waals surface area contributed by atoms with Gasteiger partial charge in [0.05, 0.1) is 18.5 Å². The lowest BCUT2D eigenvalue weighted by atomic mass is 10.4. The molecule has 0 unspecified atom stereocenters. The second-order valence-corrected chi connectivity index (χ2v) is 2.21. The molecule has 2 rings (SSSR count). The minimum absolute atomic E-state index is 0.0261. The second kappa shape index (κ2) is 2.32. The van der Waals surface area contributed by atoms with Crippen LogP contribution in [0.15, 0.2) is 24.5 Å². The third-order valence-corrected chi connectivity index (χ3v) is 1.48. The lowest BCUT2D eigenvalue weighted by molar-refractivity contribution is 0.277. The van der Waals surface area contributed by atoms with Gasteiger partial charge in [-0.1, -0.05) is 0 Å². The Morgan fingerprint density at radius 2 is 2.36 bits per heavy atom. The van der Waals surface area contributed by atoms with Crippen molar-refractivity contribution in [3.8, 4) is 0 Å². The highest BCUT2D eigenvalue weighted by Gasteiger charge is 1.95. The van der Waals surface area contributed by atoms with Crippen molar-refractivity contribution in [1.82, 2.24) is 14.6 Å². The molecule has 0 saturated carbocycles. The van der Waals surface area contributed by atoms with Gasteiger partial charge in [-0.05, 0) is 6.07 Å². The first-order valence-electron chi connectivity index (χ1n) is 3.30. The Morgan fingerprint density at radius 3 is 3.18 bits per heavy atom. The molecule has 0 aliphatic carbocycles. The Morgan fingerprint density at radius 1 is 1.45 bits per heavy atom. The number of fused-ring (bicyclic) bond motifs is 1. The molecular weight excluding hydrogens is 142 g/mol. The van der Waals surface area contributed by atoms with Crippen LogP contribution in [-0.2, 0) is 6.61 Å². The van der Waals surface area contributed by atoms with Gasteiger partial charge >= 0.3 is 0 Å². The van der Waals surface area contributed by atoms with E-state index in [9.17, 15) is 0 Å². The molecule has 2 heterocycles. The molecular formula is C7H7N3O. The minimum atomic E-state index is -0.0261. The van der Waals surface area contributed by atoms with Crippen molar-refractivity contribution in [3.05, 3.63) is 30.2 Å². The second-order valence-electron chi connectivity index (χ2n) is 2.21. The molecule has 0 atom stereocenters. The zero-order valence-electron chi connectivity index (χ0n) is 5.81. The lowest BCUT2D eigenvalue weighted by Crippen LogP contribution is -1.93. The van der Waals surface area contributed by atoms with Gasteiger partial charge in [0.25, 0.3) is 0 Å². The van der Waals surface area contributed by atoms with Gasteiger partial charge in [-0.15, -0.1) is 0 Å². The molecule has 0 spiro atoms. The van der Waals surface area contributed by atoms with Crippen molar-refractivity contribution in [2.24, 2.45) is 0 Å². The number of aliphatic hydroxyl groups is 1. The van der Waals surface area contributed by atoms with Gasteiger partial charge in [-0.25, -0.2) is 9.50 Å². The Hall–Kier alpha value is -1.42. The standard InChI is InChI=1S/C7H7N3O/c11-5-6-2-4-10-7(9-6)1-3-8-10/h1-4,11H,5H2. The Labute approximate surface area is 63.1 Å². The summed E-state index contributed by atoms with van der Waals surface area (Å²) in [6, 6.07) is 3.53. The van der Waals surface area contributed by atoms with Crippen LogP contribution in [0.5, 0.6) is 0 Å². The molecule has 0 aliphatic heterocycles. The average Bonchev–Trinajstić information content (AvgIpc) is 2.50. The highest BCUT2D eigenvalue weighted by atomic mass is 16.3. The topological polar surface area (TPSA) is 50.4 Å². The largest absolute Gasteiger partial charge is 0.390 e. The summed E-state index contributed by atoms with van der Waals surface area (Å²) in [5.41, 5.74) is 1.43. The fourth-order valence-electron chi connectivity index (χ4n) is 0.940. The summed E-state index contributed by atoms with van der Waals surface area (Å²) in [6.45, 7) is -0.0261. The van der Waals surface area contributed by atoms with E-state index in [1.165, 1.54) is 0 Å². The summed E-state index contributed by atoms with van der Waals surface area (Å²) in [7, 11) is 0. The van der Waals surface area contributed by atoms with Gasteiger partial charge < -0.3 is 5.11 Å². The zero-order valence-corrected chi connectivity index (χ0v) is 5.81. The van der Waals surface area contributed by atoms with E-state index in [0.29, 0.717) is 5.69 Å². The molecule has 4 nitrogen and oxygen atoms in total. The monoisotopic (exact) mass is 149 g/mol. The van der Waals surface area contributed by atoms with E-state index >= 15 is 0 Å². The van der Waals surface area contributed by atoms with Crippen LogP contribution in [0.3, 0.4) is 0 Å². The summed E-state index contributed by atoms with van der Waals surface area (Å²) in [6.07, 6.45) is 3.44. The van der Waals surface area contributed by atoms with Gasteiger partial charge in [0.15, 0.2) is 5.65 Å². The van der Waals surface area contributed by atoms with Crippen LogP contribution in [0.2, 0.25) is 0 Å². The van der Waals surface area contributed by atoms with Crippen molar-refractivity contribution in [2.45, 2.75) is 6.61 Å². The number of aromatic nitrogens is 3. The molecule has 11 heavy (non-hydrogen) atoms. The summed E-state index contributed by atoms with van der Waals surface area (Å²) in [5, 5.41) is 12.7. The number of aliphatic hydroxyl groups excluding tert-OH is 1. The molecule has 0 aromatic carbocycles. The molecule has 2 aromatic rings. The van der Waals surface area contributed by atoms with Crippen LogP contribution in [0.25, 0.3) is 5.65 Å². The first-order chi connectivity index (χ1) is 5.40. The minimum Gasteiger partial charge on any atom is -0.390 e. The Balaban J connectivity index is 2.67. The van der Waals surface area contributed by atoms with Crippen LogP contribution in [-0.4, -0.2) is 19.7 Å². The molecule has 0 bridgehead atoms. The first-order valence-corrected chi connectivity index (χ1v) is 3.30. The highest BCUT2D eigenvalue weighted by molar-refractivity contribution is 5.36. The molecule has 0 amide bonds. The van der Waals surface area contributed by atoms with E-state index < -0.39 is 0 Å². The van der Waals surface area contributed by atoms with Gasteiger partial charge in [-0.3, -0.25) is 0 Å². The molecule has 0 radical (unpaired) electrons. The molecule has 0 aliphatic rings. The molecule has 1 N–H and O–H groups in total. The predicted molar refractivity (Wildman–Crippen MR) is 38.9 cm³/mol. The molecule has 0 fully saturated rings. The fraction of sp³-hybridized carbons (Fsp3) is 0.143. The quantitative estimate of drug-likeness (QED) is 0.631. The van der Waals surface area contributed by atoms with Crippen molar-refractivity contribution in [2.75, 3.05) is 0 Å². The van der Waals surface area contributed by atoms with Crippen molar-refractivity contribution in [1.29, 1.82) is 0 Å². The maximum atomic E-state index is 8.74. The van der Waals surface area contributed by atoms with Crippen molar-refractivity contribution < 1.29 is 5.11 Å². The average molecular weight is 149 g/mol. The highest BCUT2D eigenvalue weighted by Crippen LogP contribution is 1.99. The third kappa shape index (κ3) is 0.969. The SMILES string of the molecule is OCc1ccn2nccc2n1. The lowest BCUT2D eigenvalue weighted by Gasteiger charge is -1.94. The van der Waals surface area contributed by atoms with Gasteiger partial charge in [0.2, 0.25) is 0 Å². The fourth-order valence-corrected chi connectivity index (χ4v) is 0.940. The normalized spacial score (nSPS) is 10.6. The number of hydrogen-bond donors (Lipinski definition) is 1. The zero-order chi connectivity index (χ0) is 7.68. The van der Waals surface area contributed by atoms with E-state index in [-0.39, 0.29) is 6.61 Å². The summed E-state index contributed by atoms with van der Waals surface area (Å²) in [5.74, 6) is 0. The Kier molecular flexibility index (Phi) is 1.33. The molecule has 4 heteroatoms. The van der Waals surface area contributed by atoms with Crippen LogP contribution in [0.4, 0.5) is 0 Å². The number of nitrogens with zero attached hydrogens (tertiary/aromatic N) is 3. The van der Waals surface area contributed by atoms with Gasteiger partial charge in [0.1, 0.15) is 0 Å². The Bertz CT molecular complexity index is 368. The maximum Gasteiger partial charge on any atom is 0.155 e. The van der Waals surface area contributed by atoms with Crippen LogP contribution < -0.4 is 0 Å².